The van der Waals surface area contributed by atoms with Gasteiger partial charge in [-0.05, 0) is 39.8 Å². The summed E-state index contributed by atoms with van der Waals surface area (Å²) in [5.41, 5.74) is -0.457. The molecule has 2 rings (SSSR count). The zero-order valence-corrected chi connectivity index (χ0v) is 13.2. The van der Waals surface area contributed by atoms with E-state index >= 15 is 0 Å². The molecule has 1 aromatic heterocycles. The first kappa shape index (κ1) is 15.6. The van der Waals surface area contributed by atoms with Crippen LogP contribution >= 0.6 is 0 Å². The second-order valence-electron chi connectivity index (χ2n) is 6.47. The van der Waals surface area contributed by atoms with E-state index in [1.807, 2.05) is 39.8 Å². The van der Waals surface area contributed by atoms with Crippen LogP contribution in [0.15, 0.2) is 24.5 Å². The van der Waals surface area contributed by atoms with Gasteiger partial charge < -0.3 is 14.4 Å². The van der Waals surface area contributed by atoms with Crippen LogP contribution in [0.4, 0.5) is 4.79 Å². The highest BCUT2D eigenvalue weighted by molar-refractivity contribution is 5.68. The van der Waals surface area contributed by atoms with Crippen molar-refractivity contribution in [1.82, 2.24) is 9.88 Å². The highest BCUT2D eigenvalue weighted by atomic mass is 16.6. The summed E-state index contributed by atoms with van der Waals surface area (Å²) in [5, 5.41) is 0. The lowest BCUT2D eigenvalue weighted by atomic mass is 10.0. The van der Waals surface area contributed by atoms with Crippen molar-refractivity contribution in [1.29, 1.82) is 0 Å². The lowest BCUT2D eigenvalue weighted by Gasteiger charge is -2.38. The molecule has 0 unspecified atom stereocenters. The average Bonchev–Trinajstić information content (AvgIpc) is 2.37. The van der Waals surface area contributed by atoms with Crippen LogP contribution in [-0.2, 0) is 4.74 Å². The van der Waals surface area contributed by atoms with Crippen LogP contribution in [0.25, 0.3) is 0 Å². The lowest BCUT2D eigenvalue weighted by Crippen LogP contribution is -2.49. The second-order valence-corrected chi connectivity index (χ2v) is 6.47. The first-order valence-electron chi connectivity index (χ1n) is 7.41. The number of rotatable bonds is 2. The molecule has 0 saturated carbocycles. The van der Waals surface area contributed by atoms with E-state index in [2.05, 4.69) is 4.98 Å². The molecule has 0 aliphatic carbocycles. The third-order valence-corrected chi connectivity index (χ3v) is 3.41. The van der Waals surface area contributed by atoms with Crippen molar-refractivity contribution >= 4 is 6.09 Å². The maximum Gasteiger partial charge on any atom is 0.410 e. The maximum absolute atomic E-state index is 12.1. The molecule has 0 N–H and O–H groups in total. The third-order valence-electron chi connectivity index (χ3n) is 3.41. The van der Waals surface area contributed by atoms with Gasteiger partial charge in [-0.15, -0.1) is 0 Å². The van der Waals surface area contributed by atoms with E-state index in [1.54, 1.807) is 17.3 Å². The summed E-state index contributed by atoms with van der Waals surface area (Å²) in [6.07, 6.45) is 4.94. The van der Waals surface area contributed by atoms with Crippen molar-refractivity contribution in [3.05, 3.63) is 24.5 Å². The molecule has 0 radical (unpaired) electrons. The van der Waals surface area contributed by atoms with E-state index in [1.165, 1.54) is 0 Å². The Kier molecular flexibility index (Phi) is 4.70. The minimum Gasteiger partial charge on any atom is -0.490 e. The van der Waals surface area contributed by atoms with Crippen LogP contribution in [0.3, 0.4) is 0 Å². The Balaban J connectivity index is 1.89. The molecule has 5 nitrogen and oxygen atoms in total. The van der Waals surface area contributed by atoms with Gasteiger partial charge in [0, 0.05) is 37.8 Å². The predicted octanol–water partition coefficient (Wildman–Crippen LogP) is 3.25. The molecule has 1 aliphatic heterocycles. The first-order valence-corrected chi connectivity index (χ1v) is 7.41. The maximum atomic E-state index is 12.1. The van der Waals surface area contributed by atoms with Gasteiger partial charge in [-0.1, -0.05) is 0 Å². The minimum absolute atomic E-state index is 0.112. The number of aromatic nitrogens is 1. The molecule has 2 atom stereocenters. The van der Waals surface area contributed by atoms with Gasteiger partial charge >= 0.3 is 6.09 Å². The Morgan fingerprint density at radius 1 is 1.33 bits per heavy atom. The van der Waals surface area contributed by atoms with Crippen LogP contribution < -0.4 is 4.74 Å². The monoisotopic (exact) mass is 292 g/mol. The quantitative estimate of drug-likeness (QED) is 0.839. The summed E-state index contributed by atoms with van der Waals surface area (Å²) in [5.74, 6) is 0.827. The van der Waals surface area contributed by atoms with Gasteiger partial charge in [0.05, 0.1) is 0 Å². The van der Waals surface area contributed by atoms with Gasteiger partial charge in [-0.25, -0.2) is 4.79 Å². The molecule has 0 aromatic carbocycles. The van der Waals surface area contributed by atoms with E-state index in [0.717, 1.165) is 18.6 Å². The van der Waals surface area contributed by atoms with Gasteiger partial charge in [-0.2, -0.15) is 0 Å². The average molecular weight is 292 g/mol. The highest BCUT2D eigenvalue weighted by Crippen LogP contribution is 2.24. The van der Waals surface area contributed by atoms with E-state index in [0.29, 0.717) is 6.54 Å². The van der Waals surface area contributed by atoms with E-state index in [-0.39, 0.29) is 18.2 Å². The molecule has 5 heteroatoms. The van der Waals surface area contributed by atoms with Crippen LogP contribution in [0.1, 0.15) is 40.5 Å². The fourth-order valence-corrected chi connectivity index (χ4v) is 2.44. The summed E-state index contributed by atoms with van der Waals surface area (Å²) in [4.78, 5) is 17.9. The Morgan fingerprint density at radius 3 is 2.57 bits per heavy atom. The van der Waals surface area contributed by atoms with Crippen LogP contribution in [-0.4, -0.2) is 40.3 Å². The molecule has 1 aliphatic rings. The second kappa shape index (κ2) is 6.33. The zero-order chi connectivity index (χ0) is 15.5. The Morgan fingerprint density at radius 2 is 2.00 bits per heavy atom. The van der Waals surface area contributed by atoms with Gasteiger partial charge in [0.1, 0.15) is 17.5 Å². The molecule has 116 valence electrons. The molecule has 1 amide bonds. The van der Waals surface area contributed by atoms with Crippen LogP contribution in [0, 0.1) is 0 Å². The SMILES string of the molecule is C[C@@H]1C[C@@H](Oc2ccncc2)CCN1C(=O)OC(C)(C)C. The van der Waals surface area contributed by atoms with Crippen molar-refractivity contribution in [3.63, 3.8) is 0 Å². The largest absolute Gasteiger partial charge is 0.490 e. The van der Waals surface area contributed by atoms with Crippen LogP contribution in [0.2, 0.25) is 0 Å². The summed E-state index contributed by atoms with van der Waals surface area (Å²) in [6, 6.07) is 3.82. The number of piperidine rings is 1. The number of nitrogens with zero attached hydrogens (tertiary/aromatic N) is 2. The lowest BCUT2D eigenvalue weighted by molar-refractivity contribution is -0.00103. The van der Waals surface area contributed by atoms with Crippen molar-refractivity contribution < 1.29 is 14.3 Å². The zero-order valence-electron chi connectivity index (χ0n) is 13.2. The topological polar surface area (TPSA) is 51.7 Å². The molecule has 0 bridgehead atoms. The number of carbonyl (C=O) groups is 1. The molecule has 1 saturated heterocycles. The van der Waals surface area contributed by atoms with Crippen molar-refractivity contribution in [2.75, 3.05) is 6.54 Å². The Hall–Kier alpha value is -1.78. The molecule has 1 fully saturated rings. The standard InChI is InChI=1S/C16H24N2O3/c1-12-11-14(20-13-5-8-17-9-6-13)7-10-18(12)15(19)21-16(2,3)4/h5-6,8-9,12,14H,7,10-11H2,1-4H3/t12-,14+/m1/s1. The summed E-state index contributed by atoms with van der Waals surface area (Å²) < 4.78 is 11.4. The summed E-state index contributed by atoms with van der Waals surface area (Å²) >= 11 is 0. The predicted molar refractivity (Wildman–Crippen MR) is 80.3 cm³/mol. The van der Waals surface area contributed by atoms with Crippen molar-refractivity contribution in [3.8, 4) is 5.75 Å². The number of amides is 1. The van der Waals surface area contributed by atoms with Gasteiger partial charge in [0.15, 0.2) is 0 Å². The van der Waals surface area contributed by atoms with Gasteiger partial charge in [-0.3, -0.25) is 4.98 Å². The molecule has 0 spiro atoms. The number of hydrogen-bond donors (Lipinski definition) is 0. The minimum atomic E-state index is -0.457. The van der Waals surface area contributed by atoms with Crippen LogP contribution in [0.5, 0.6) is 5.75 Å². The van der Waals surface area contributed by atoms with Crippen molar-refractivity contribution in [2.24, 2.45) is 0 Å². The smallest absolute Gasteiger partial charge is 0.410 e. The number of likely N-dealkylation sites (tertiary alicyclic amines) is 1. The normalized spacial score (nSPS) is 22.8. The Labute approximate surface area is 126 Å². The highest BCUT2D eigenvalue weighted by Gasteiger charge is 2.32. The molecular formula is C16H24N2O3. The molecule has 21 heavy (non-hydrogen) atoms. The van der Waals surface area contributed by atoms with Gasteiger partial charge in [0.2, 0.25) is 0 Å². The molecule has 2 heterocycles. The summed E-state index contributed by atoms with van der Waals surface area (Å²) in [7, 11) is 0. The summed E-state index contributed by atoms with van der Waals surface area (Å²) in [6.45, 7) is 8.34. The fraction of sp³-hybridized carbons (Fsp3) is 0.625. The van der Waals surface area contributed by atoms with E-state index < -0.39 is 5.60 Å². The Bertz CT molecular complexity index is 470. The van der Waals surface area contributed by atoms with Crippen molar-refractivity contribution in [2.45, 2.75) is 58.3 Å². The van der Waals surface area contributed by atoms with E-state index in [9.17, 15) is 4.79 Å². The van der Waals surface area contributed by atoms with E-state index in [4.69, 9.17) is 9.47 Å². The number of pyridine rings is 1. The molecule has 1 aromatic rings. The number of carbonyl (C=O) groups excluding carboxylic acids is 1. The van der Waals surface area contributed by atoms with Gasteiger partial charge in [0.25, 0.3) is 0 Å². The molecular weight excluding hydrogens is 268 g/mol. The third kappa shape index (κ3) is 4.62. The number of hydrogen-bond acceptors (Lipinski definition) is 4. The fourth-order valence-electron chi connectivity index (χ4n) is 2.44. The number of ether oxygens (including phenoxy) is 2. The first-order chi connectivity index (χ1) is 9.85.